The number of hydrogen-bond acceptors (Lipinski definition) is 5. The SMILES string of the molecule is CCOCCN(C)c1ccc(CO)nn1. The van der Waals surface area contributed by atoms with Gasteiger partial charge in [0, 0.05) is 20.2 Å². The van der Waals surface area contributed by atoms with Crippen molar-refractivity contribution in [1.82, 2.24) is 10.2 Å². The minimum Gasteiger partial charge on any atom is -0.390 e. The fraction of sp³-hybridized carbons (Fsp3) is 0.600. The molecular weight excluding hydrogens is 194 g/mol. The highest BCUT2D eigenvalue weighted by Crippen LogP contribution is 2.06. The molecule has 1 rings (SSSR count). The Morgan fingerprint density at radius 1 is 1.40 bits per heavy atom. The molecule has 5 heteroatoms. The fourth-order valence-electron chi connectivity index (χ4n) is 1.10. The van der Waals surface area contributed by atoms with Gasteiger partial charge in [0.15, 0.2) is 5.82 Å². The van der Waals surface area contributed by atoms with E-state index in [1.807, 2.05) is 24.9 Å². The number of likely N-dealkylation sites (N-methyl/N-ethyl adjacent to an activating group) is 1. The van der Waals surface area contributed by atoms with Crippen LogP contribution < -0.4 is 4.90 Å². The highest BCUT2D eigenvalue weighted by atomic mass is 16.5. The Labute approximate surface area is 89.7 Å². The fourth-order valence-corrected chi connectivity index (χ4v) is 1.10. The van der Waals surface area contributed by atoms with Crippen LogP contribution in [0, 0.1) is 0 Å². The first-order valence-electron chi connectivity index (χ1n) is 5.00. The molecule has 0 unspecified atom stereocenters. The van der Waals surface area contributed by atoms with Gasteiger partial charge in [-0.3, -0.25) is 0 Å². The van der Waals surface area contributed by atoms with Gasteiger partial charge >= 0.3 is 0 Å². The van der Waals surface area contributed by atoms with Crippen molar-refractivity contribution < 1.29 is 9.84 Å². The highest BCUT2D eigenvalue weighted by molar-refractivity contribution is 5.35. The summed E-state index contributed by atoms with van der Waals surface area (Å²) in [5.74, 6) is 0.784. The third-order valence-electron chi connectivity index (χ3n) is 2.03. The second-order valence-corrected chi connectivity index (χ2v) is 3.16. The lowest BCUT2D eigenvalue weighted by Crippen LogP contribution is -2.23. The lowest BCUT2D eigenvalue weighted by molar-refractivity contribution is 0.154. The van der Waals surface area contributed by atoms with Crippen LogP contribution >= 0.6 is 0 Å². The van der Waals surface area contributed by atoms with Crippen LogP contribution in [0.2, 0.25) is 0 Å². The minimum absolute atomic E-state index is 0.0735. The first-order chi connectivity index (χ1) is 7.27. The van der Waals surface area contributed by atoms with Gasteiger partial charge in [0.05, 0.1) is 18.9 Å². The van der Waals surface area contributed by atoms with Crippen molar-refractivity contribution in [3.8, 4) is 0 Å². The van der Waals surface area contributed by atoms with Crippen LogP contribution in [-0.4, -0.2) is 42.1 Å². The number of aromatic nitrogens is 2. The number of rotatable bonds is 6. The monoisotopic (exact) mass is 211 g/mol. The molecule has 0 radical (unpaired) electrons. The molecule has 0 saturated carbocycles. The molecule has 0 fully saturated rings. The molecule has 0 atom stereocenters. The molecule has 0 spiro atoms. The molecule has 0 aliphatic carbocycles. The number of anilines is 1. The quantitative estimate of drug-likeness (QED) is 0.692. The normalized spacial score (nSPS) is 10.3. The number of aliphatic hydroxyl groups excluding tert-OH is 1. The maximum atomic E-state index is 8.80. The molecule has 0 saturated heterocycles. The van der Waals surface area contributed by atoms with E-state index in [0.29, 0.717) is 12.3 Å². The molecule has 0 bridgehead atoms. The van der Waals surface area contributed by atoms with Crippen molar-refractivity contribution in [3.63, 3.8) is 0 Å². The summed E-state index contributed by atoms with van der Waals surface area (Å²) in [6, 6.07) is 3.60. The van der Waals surface area contributed by atoms with E-state index in [4.69, 9.17) is 9.84 Å². The van der Waals surface area contributed by atoms with E-state index >= 15 is 0 Å². The van der Waals surface area contributed by atoms with Gasteiger partial charge in [-0.25, -0.2) is 0 Å². The zero-order chi connectivity index (χ0) is 11.1. The first kappa shape index (κ1) is 11.9. The summed E-state index contributed by atoms with van der Waals surface area (Å²) in [7, 11) is 1.93. The van der Waals surface area contributed by atoms with Gasteiger partial charge in [0.1, 0.15) is 0 Å². The predicted molar refractivity (Wildman–Crippen MR) is 57.7 cm³/mol. The molecule has 0 aromatic carbocycles. The molecule has 15 heavy (non-hydrogen) atoms. The zero-order valence-electron chi connectivity index (χ0n) is 9.18. The van der Waals surface area contributed by atoms with Crippen LogP contribution in [-0.2, 0) is 11.3 Å². The van der Waals surface area contributed by atoms with E-state index in [0.717, 1.165) is 19.0 Å². The van der Waals surface area contributed by atoms with E-state index in [2.05, 4.69) is 10.2 Å². The smallest absolute Gasteiger partial charge is 0.151 e. The molecule has 0 aliphatic rings. The Kier molecular flexibility index (Phi) is 5.00. The average Bonchev–Trinajstić information content (AvgIpc) is 2.29. The molecule has 1 aromatic rings. The first-order valence-corrected chi connectivity index (χ1v) is 5.00. The van der Waals surface area contributed by atoms with Gasteiger partial charge in [0.25, 0.3) is 0 Å². The third kappa shape index (κ3) is 3.81. The van der Waals surface area contributed by atoms with Crippen LogP contribution in [0.15, 0.2) is 12.1 Å². The maximum absolute atomic E-state index is 8.80. The Morgan fingerprint density at radius 2 is 2.20 bits per heavy atom. The molecule has 84 valence electrons. The number of hydrogen-bond donors (Lipinski definition) is 1. The standard InChI is InChI=1S/C10H17N3O2/c1-3-15-7-6-13(2)10-5-4-9(8-14)11-12-10/h4-5,14H,3,6-8H2,1-2H3. The maximum Gasteiger partial charge on any atom is 0.151 e. The van der Waals surface area contributed by atoms with Crippen molar-refractivity contribution in [1.29, 1.82) is 0 Å². The predicted octanol–water partition coefficient (Wildman–Crippen LogP) is 0.442. The molecule has 0 amide bonds. The molecule has 1 N–H and O–H groups in total. The summed E-state index contributed by atoms with van der Waals surface area (Å²) in [4.78, 5) is 1.96. The Bertz CT molecular complexity index is 277. The summed E-state index contributed by atoms with van der Waals surface area (Å²) >= 11 is 0. The summed E-state index contributed by atoms with van der Waals surface area (Å²) in [6.45, 7) is 4.08. The van der Waals surface area contributed by atoms with Crippen molar-refractivity contribution in [3.05, 3.63) is 17.8 Å². The van der Waals surface area contributed by atoms with Crippen LogP contribution in [0.3, 0.4) is 0 Å². The summed E-state index contributed by atoms with van der Waals surface area (Å²) in [5.41, 5.74) is 0.581. The second kappa shape index (κ2) is 6.31. The van der Waals surface area contributed by atoms with Crippen molar-refractivity contribution >= 4 is 5.82 Å². The van der Waals surface area contributed by atoms with E-state index in [9.17, 15) is 0 Å². The number of ether oxygens (including phenoxy) is 1. The molecule has 0 aliphatic heterocycles. The molecule has 1 heterocycles. The van der Waals surface area contributed by atoms with Gasteiger partial charge in [-0.2, -0.15) is 5.10 Å². The Hall–Kier alpha value is -1.20. The van der Waals surface area contributed by atoms with Gasteiger partial charge in [-0.15, -0.1) is 5.10 Å². The van der Waals surface area contributed by atoms with E-state index in [1.54, 1.807) is 6.07 Å². The lowest BCUT2D eigenvalue weighted by Gasteiger charge is -2.17. The van der Waals surface area contributed by atoms with Gasteiger partial charge < -0.3 is 14.7 Å². The van der Waals surface area contributed by atoms with Crippen LogP contribution in [0.5, 0.6) is 0 Å². The topological polar surface area (TPSA) is 58.5 Å². The van der Waals surface area contributed by atoms with Crippen molar-refractivity contribution in [2.45, 2.75) is 13.5 Å². The Morgan fingerprint density at radius 3 is 2.73 bits per heavy atom. The van der Waals surface area contributed by atoms with Crippen LogP contribution in [0.1, 0.15) is 12.6 Å². The summed E-state index contributed by atoms with van der Waals surface area (Å²) in [5, 5.41) is 16.7. The third-order valence-corrected chi connectivity index (χ3v) is 2.03. The molecule has 5 nitrogen and oxygen atoms in total. The van der Waals surface area contributed by atoms with Crippen LogP contribution in [0.4, 0.5) is 5.82 Å². The van der Waals surface area contributed by atoms with Crippen molar-refractivity contribution in [2.24, 2.45) is 0 Å². The van der Waals surface area contributed by atoms with E-state index in [-0.39, 0.29) is 6.61 Å². The van der Waals surface area contributed by atoms with E-state index < -0.39 is 0 Å². The summed E-state index contributed by atoms with van der Waals surface area (Å²) in [6.07, 6.45) is 0. The van der Waals surface area contributed by atoms with Gasteiger partial charge in [0.2, 0.25) is 0 Å². The zero-order valence-corrected chi connectivity index (χ0v) is 9.18. The summed E-state index contributed by atoms with van der Waals surface area (Å²) < 4.78 is 5.24. The largest absolute Gasteiger partial charge is 0.390 e. The second-order valence-electron chi connectivity index (χ2n) is 3.16. The van der Waals surface area contributed by atoms with Crippen molar-refractivity contribution in [2.75, 3.05) is 31.7 Å². The molecular formula is C10H17N3O2. The average molecular weight is 211 g/mol. The minimum atomic E-state index is -0.0735. The van der Waals surface area contributed by atoms with Gasteiger partial charge in [-0.05, 0) is 19.1 Å². The van der Waals surface area contributed by atoms with Crippen LogP contribution in [0.25, 0.3) is 0 Å². The number of aliphatic hydroxyl groups is 1. The molecule has 1 aromatic heterocycles. The lowest BCUT2D eigenvalue weighted by atomic mass is 10.4. The number of nitrogens with zero attached hydrogens (tertiary/aromatic N) is 3. The van der Waals surface area contributed by atoms with Gasteiger partial charge in [-0.1, -0.05) is 0 Å². The van der Waals surface area contributed by atoms with E-state index in [1.165, 1.54) is 0 Å². The Balaban J connectivity index is 2.46. The highest BCUT2D eigenvalue weighted by Gasteiger charge is 2.02.